The van der Waals surface area contributed by atoms with Crippen LogP contribution in [0.3, 0.4) is 0 Å². The van der Waals surface area contributed by atoms with Gasteiger partial charge in [0.15, 0.2) is 5.69 Å². The number of carbonyl (C=O) groups is 1. The highest BCUT2D eigenvalue weighted by Gasteiger charge is 2.44. The van der Waals surface area contributed by atoms with Gasteiger partial charge in [0.25, 0.3) is 6.01 Å². The monoisotopic (exact) mass is 316 g/mol. The standard InChI is InChI=1S/C15H19F3N2O2/c1-9-4-3-7-20(8-9)14-19-13(15(16,17)18)12(22-14)11(21)10-5-2-6-10/h9-10H,2-8H2,1H3. The Morgan fingerprint density at radius 1 is 1.27 bits per heavy atom. The summed E-state index contributed by atoms with van der Waals surface area (Å²) in [5.41, 5.74) is -1.17. The SMILES string of the molecule is CC1CCCN(c2nc(C(F)(F)F)c(C(=O)C3CCC3)o2)C1. The lowest BCUT2D eigenvalue weighted by Crippen LogP contribution is -2.34. The normalized spacial score (nSPS) is 23.5. The molecule has 1 saturated heterocycles. The van der Waals surface area contributed by atoms with Crippen LogP contribution in [0.25, 0.3) is 0 Å². The molecule has 2 aliphatic rings. The summed E-state index contributed by atoms with van der Waals surface area (Å²) in [4.78, 5) is 17.5. The van der Waals surface area contributed by atoms with Gasteiger partial charge in [-0.2, -0.15) is 18.2 Å². The van der Waals surface area contributed by atoms with E-state index in [1.54, 1.807) is 4.90 Å². The zero-order valence-corrected chi connectivity index (χ0v) is 12.4. The van der Waals surface area contributed by atoms with Crippen LogP contribution in [0.15, 0.2) is 4.42 Å². The van der Waals surface area contributed by atoms with Crippen molar-refractivity contribution in [1.82, 2.24) is 4.98 Å². The molecular formula is C15H19F3N2O2. The summed E-state index contributed by atoms with van der Waals surface area (Å²) in [5, 5.41) is 0. The molecule has 0 radical (unpaired) electrons. The summed E-state index contributed by atoms with van der Waals surface area (Å²) in [5.74, 6) is -1.13. The van der Waals surface area contributed by atoms with Crippen LogP contribution in [0, 0.1) is 11.8 Å². The molecule has 1 saturated carbocycles. The molecular weight excluding hydrogens is 297 g/mol. The smallest absolute Gasteiger partial charge is 0.420 e. The Kier molecular flexibility index (Phi) is 3.91. The molecule has 7 heteroatoms. The molecule has 2 fully saturated rings. The largest absolute Gasteiger partial charge is 0.437 e. The zero-order chi connectivity index (χ0) is 15.9. The molecule has 22 heavy (non-hydrogen) atoms. The summed E-state index contributed by atoms with van der Waals surface area (Å²) in [6.45, 7) is 3.26. The highest BCUT2D eigenvalue weighted by molar-refractivity contribution is 5.97. The lowest BCUT2D eigenvalue weighted by Gasteiger charge is -2.29. The average Bonchev–Trinajstić information content (AvgIpc) is 2.81. The molecule has 0 N–H and O–H groups in total. The van der Waals surface area contributed by atoms with Crippen molar-refractivity contribution in [2.24, 2.45) is 11.8 Å². The summed E-state index contributed by atoms with van der Waals surface area (Å²) in [6, 6.07) is -0.0680. The van der Waals surface area contributed by atoms with Crippen LogP contribution >= 0.6 is 0 Å². The fourth-order valence-electron chi connectivity index (χ4n) is 3.02. The average molecular weight is 316 g/mol. The maximum absolute atomic E-state index is 13.2. The van der Waals surface area contributed by atoms with Gasteiger partial charge in [-0.05, 0) is 31.6 Å². The minimum absolute atomic E-state index is 0.0680. The van der Waals surface area contributed by atoms with Gasteiger partial charge in [0.05, 0.1) is 0 Å². The van der Waals surface area contributed by atoms with E-state index in [0.717, 1.165) is 19.3 Å². The fraction of sp³-hybridized carbons (Fsp3) is 0.733. The Balaban J connectivity index is 1.92. The quantitative estimate of drug-likeness (QED) is 0.793. The summed E-state index contributed by atoms with van der Waals surface area (Å²) in [6.07, 6.45) is -0.603. The third-order valence-corrected chi connectivity index (χ3v) is 4.51. The molecule has 2 heterocycles. The van der Waals surface area contributed by atoms with E-state index in [0.29, 0.717) is 31.8 Å². The van der Waals surface area contributed by atoms with Gasteiger partial charge < -0.3 is 9.32 Å². The van der Waals surface area contributed by atoms with Gasteiger partial charge in [0.2, 0.25) is 11.5 Å². The number of hydrogen-bond donors (Lipinski definition) is 0. The van der Waals surface area contributed by atoms with Crippen LogP contribution in [-0.2, 0) is 6.18 Å². The number of piperidine rings is 1. The minimum Gasteiger partial charge on any atom is -0.420 e. The van der Waals surface area contributed by atoms with Crippen molar-refractivity contribution in [1.29, 1.82) is 0 Å². The van der Waals surface area contributed by atoms with Crippen LogP contribution in [0.4, 0.5) is 19.2 Å². The second-order valence-electron chi connectivity index (χ2n) is 6.36. The number of anilines is 1. The van der Waals surface area contributed by atoms with E-state index in [-0.39, 0.29) is 11.9 Å². The maximum Gasteiger partial charge on any atom is 0.437 e. The molecule has 1 atom stereocenters. The van der Waals surface area contributed by atoms with Crippen molar-refractivity contribution in [2.75, 3.05) is 18.0 Å². The van der Waals surface area contributed by atoms with Gasteiger partial charge in [-0.3, -0.25) is 4.79 Å². The molecule has 122 valence electrons. The zero-order valence-electron chi connectivity index (χ0n) is 12.4. The first kappa shape index (κ1) is 15.4. The van der Waals surface area contributed by atoms with E-state index in [1.807, 2.05) is 6.92 Å². The van der Waals surface area contributed by atoms with Crippen LogP contribution in [0.5, 0.6) is 0 Å². The van der Waals surface area contributed by atoms with Gasteiger partial charge in [-0.1, -0.05) is 13.3 Å². The molecule has 0 aromatic carbocycles. The predicted molar refractivity (Wildman–Crippen MR) is 73.8 cm³/mol. The number of nitrogens with zero attached hydrogens (tertiary/aromatic N) is 2. The van der Waals surface area contributed by atoms with Crippen molar-refractivity contribution in [2.45, 2.75) is 45.2 Å². The molecule has 3 rings (SSSR count). The fourth-order valence-corrected chi connectivity index (χ4v) is 3.02. The van der Waals surface area contributed by atoms with Crippen molar-refractivity contribution in [3.63, 3.8) is 0 Å². The van der Waals surface area contributed by atoms with Crippen LogP contribution in [-0.4, -0.2) is 23.9 Å². The van der Waals surface area contributed by atoms with Gasteiger partial charge in [0, 0.05) is 19.0 Å². The van der Waals surface area contributed by atoms with Crippen LogP contribution in [0.2, 0.25) is 0 Å². The highest BCUT2D eigenvalue weighted by atomic mass is 19.4. The molecule has 4 nitrogen and oxygen atoms in total. The van der Waals surface area contributed by atoms with E-state index in [2.05, 4.69) is 4.98 Å². The molecule has 0 bridgehead atoms. The Hall–Kier alpha value is -1.53. The third kappa shape index (κ3) is 2.85. The van der Waals surface area contributed by atoms with Crippen molar-refractivity contribution >= 4 is 11.8 Å². The Bertz CT molecular complexity index is 564. The molecule has 0 amide bonds. The number of hydrogen-bond acceptors (Lipinski definition) is 4. The first-order valence-electron chi connectivity index (χ1n) is 7.73. The highest BCUT2D eigenvalue weighted by Crippen LogP contribution is 2.38. The number of aromatic nitrogens is 1. The molecule has 1 unspecified atom stereocenters. The van der Waals surface area contributed by atoms with Crippen molar-refractivity contribution in [3.8, 4) is 0 Å². The number of Topliss-reactive ketones (excluding diaryl/α,β-unsaturated/α-hetero) is 1. The first-order chi connectivity index (χ1) is 10.4. The molecule has 1 aromatic rings. The number of ketones is 1. The molecule has 1 aromatic heterocycles. The third-order valence-electron chi connectivity index (χ3n) is 4.51. The Morgan fingerprint density at radius 2 is 2.00 bits per heavy atom. The van der Waals surface area contributed by atoms with E-state index in [9.17, 15) is 18.0 Å². The Labute approximate surface area is 126 Å². The number of alkyl halides is 3. The number of rotatable bonds is 3. The van der Waals surface area contributed by atoms with E-state index < -0.39 is 23.4 Å². The topological polar surface area (TPSA) is 46.3 Å². The first-order valence-corrected chi connectivity index (χ1v) is 7.73. The Morgan fingerprint density at radius 3 is 2.55 bits per heavy atom. The molecule has 1 aliphatic carbocycles. The summed E-state index contributed by atoms with van der Waals surface area (Å²) in [7, 11) is 0. The van der Waals surface area contributed by atoms with E-state index in [1.165, 1.54) is 0 Å². The second kappa shape index (κ2) is 5.59. The number of carbonyl (C=O) groups excluding carboxylic acids is 1. The van der Waals surface area contributed by atoms with Gasteiger partial charge in [0.1, 0.15) is 0 Å². The van der Waals surface area contributed by atoms with Crippen molar-refractivity contribution < 1.29 is 22.4 Å². The van der Waals surface area contributed by atoms with Crippen LogP contribution in [0.1, 0.15) is 55.3 Å². The van der Waals surface area contributed by atoms with E-state index in [4.69, 9.17) is 4.42 Å². The maximum atomic E-state index is 13.2. The second-order valence-corrected chi connectivity index (χ2v) is 6.36. The van der Waals surface area contributed by atoms with E-state index >= 15 is 0 Å². The summed E-state index contributed by atoms with van der Waals surface area (Å²) < 4.78 is 44.8. The summed E-state index contributed by atoms with van der Waals surface area (Å²) >= 11 is 0. The van der Waals surface area contributed by atoms with Gasteiger partial charge >= 0.3 is 6.18 Å². The minimum atomic E-state index is -4.67. The van der Waals surface area contributed by atoms with Crippen molar-refractivity contribution in [3.05, 3.63) is 11.5 Å². The number of oxazole rings is 1. The van der Waals surface area contributed by atoms with Crippen LogP contribution < -0.4 is 4.90 Å². The lowest BCUT2D eigenvalue weighted by molar-refractivity contribution is -0.141. The van der Waals surface area contributed by atoms with Gasteiger partial charge in [-0.15, -0.1) is 0 Å². The predicted octanol–water partition coefficient (Wildman–Crippen LogP) is 3.91. The number of halogens is 3. The molecule has 1 aliphatic heterocycles. The lowest BCUT2D eigenvalue weighted by atomic mass is 9.81. The molecule has 0 spiro atoms. The van der Waals surface area contributed by atoms with Gasteiger partial charge in [-0.25, -0.2) is 0 Å².